The van der Waals surface area contributed by atoms with Crippen molar-refractivity contribution < 1.29 is 19.1 Å². The summed E-state index contributed by atoms with van der Waals surface area (Å²) < 4.78 is 5.74. The highest BCUT2D eigenvalue weighted by Gasteiger charge is 2.39. The molecule has 4 rings (SSSR count). The molecule has 3 saturated heterocycles. The second-order valence-corrected chi connectivity index (χ2v) is 9.34. The number of morpholine rings is 1. The summed E-state index contributed by atoms with van der Waals surface area (Å²) in [5, 5.41) is 0. The summed E-state index contributed by atoms with van der Waals surface area (Å²) in [6, 6.07) is 7.83. The van der Waals surface area contributed by atoms with Crippen molar-refractivity contribution >= 4 is 23.4 Å². The Morgan fingerprint density at radius 3 is 2.06 bits per heavy atom. The van der Waals surface area contributed by atoms with Crippen molar-refractivity contribution in [1.29, 1.82) is 0 Å². The molecule has 7 nitrogen and oxygen atoms in total. The summed E-state index contributed by atoms with van der Waals surface area (Å²) in [6.45, 7) is 8.89. The molecule has 31 heavy (non-hydrogen) atoms. The molecule has 0 bridgehead atoms. The fourth-order valence-electron chi connectivity index (χ4n) is 5.07. The summed E-state index contributed by atoms with van der Waals surface area (Å²) >= 11 is 0. The lowest BCUT2D eigenvalue weighted by atomic mass is 9.93. The van der Waals surface area contributed by atoms with Crippen LogP contribution in [0.15, 0.2) is 24.3 Å². The molecular weight excluding hydrogens is 394 g/mol. The monoisotopic (exact) mass is 427 g/mol. The first-order valence-corrected chi connectivity index (χ1v) is 11.4. The minimum atomic E-state index is -0.304. The van der Waals surface area contributed by atoms with Crippen LogP contribution in [0.3, 0.4) is 0 Å². The van der Waals surface area contributed by atoms with Crippen LogP contribution in [-0.2, 0) is 19.1 Å². The third-order valence-electron chi connectivity index (χ3n) is 6.71. The Labute approximate surface area is 184 Å². The van der Waals surface area contributed by atoms with E-state index in [1.165, 1.54) is 0 Å². The van der Waals surface area contributed by atoms with Crippen molar-refractivity contribution in [3.8, 4) is 0 Å². The molecule has 3 heterocycles. The molecule has 3 amide bonds. The average Bonchev–Trinajstić information content (AvgIpc) is 3.14. The number of hydrogen-bond donors (Lipinski definition) is 0. The number of nitrogens with zero attached hydrogens (tertiary/aromatic N) is 3. The van der Waals surface area contributed by atoms with Crippen molar-refractivity contribution in [3.05, 3.63) is 29.8 Å². The van der Waals surface area contributed by atoms with E-state index in [0.717, 1.165) is 11.3 Å². The molecule has 3 atom stereocenters. The highest BCUT2D eigenvalue weighted by Crippen LogP contribution is 2.29. The second-order valence-electron chi connectivity index (χ2n) is 9.34. The van der Waals surface area contributed by atoms with Gasteiger partial charge in [-0.1, -0.05) is 17.7 Å². The smallest absolute Gasteiger partial charge is 0.228 e. The maximum absolute atomic E-state index is 13.1. The van der Waals surface area contributed by atoms with Gasteiger partial charge in [-0.3, -0.25) is 14.4 Å². The topological polar surface area (TPSA) is 70.2 Å². The van der Waals surface area contributed by atoms with Gasteiger partial charge in [0, 0.05) is 50.7 Å². The molecule has 0 saturated carbocycles. The zero-order valence-electron chi connectivity index (χ0n) is 18.8. The fourth-order valence-corrected chi connectivity index (χ4v) is 5.07. The predicted molar refractivity (Wildman–Crippen MR) is 118 cm³/mol. The van der Waals surface area contributed by atoms with Gasteiger partial charge in [0.2, 0.25) is 17.7 Å². The van der Waals surface area contributed by atoms with Gasteiger partial charge in [-0.2, -0.15) is 0 Å². The molecule has 0 N–H and O–H groups in total. The summed E-state index contributed by atoms with van der Waals surface area (Å²) in [5.41, 5.74) is 1.99. The van der Waals surface area contributed by atoms with Crippen LogP contribution in [0.4, 0.5) is 5.69 Å². The lowest BCUT2D eigenvalue weighted by Gasteiger charge is -2.39. The first kappa shape index (κ1) is 21.8. The van der Waals surface area contributed by atoms with Crippen molar-refractivity contribution in [2.75, 3.05) is 37.6 Å². The number of piperidine rings is 1. The number of anilines is 1. The zero-order chi connectivity index (χ0) is 22.1. The zero-order valence-corrected chi connectivity index (χ0v) is 18.8. The minimum absolute atomic E-state index is 0.00261. The Balaban J connectivity index is 1.31. The van der Waals surface area contributed by atoms with Crippen LogP contribution in [0.5, 0.6) is 0 Å². The van der Waals surface area contributed by atoms with Crippen molar-refractivity contribution in [2.24, 2.45) is 11.8 Å². The first-order chi connectivity index (χ1) is 14.8. The van der Waals surface area contributed by atoms with Crippen LogP contribution >= 0.6 is 0 Å². The predicted octanol–water partition coefficient (Wildman–Crippen LogP) is 2.22. The van der Waals surface area contributed by atoms with E-state index in [0.29, 0.717) is 45.6 Å². The lowest BCUT2D eigenvalue weighted by molar-refractivity contribution is -0.150. The number of amides is 3. The third kappa shape index (κ3) is 4.76. The Morgan fingerprint density at radius 1 is 0.871 bits per heavy atom. The van der Waals surface area contributed by atoms with E-state index in [4.69, 9.17) is 4.74 Å². The van der Waals surface area contributed by atoms with Gasteiger partial charge in [0.15, 0.2) is 0 Å². The first-order valence-electron chi connectivity index (χ1n) is 11.4. The van der Waals surface area contributed by atoms with E-state index >= 15 is 0 Å². The molecule has 3 fully saturated rings. The Morgan fingerprint density at radius 2 is 1.45 bits per heavy atom. The number of aryl methyl sites for hydroxylation is 1. The maximum atomic E-state index is 13.1. The number of benzene rings is 1. The quantitative estimate of drug-likeness (QED) is 0.742. The SMILES string of the molecule is Cc1ccc(N2C[C@@H](C(=O)N3CCC(C(=O)N4C[C@H](C)O[C@@H](C)C4)CC3)CC2=O)cc1. The minimum Gasteiger partial charge on any atom is -0.372 e. The molecule has 0 unspecified atom stereocenters. The summed E-state index contributed by atoms with van der Waals surface area (Å²) in [4.78, 5) is 44.1. The second kappa shape index (κ2) is 8.99. The Bertz CT molecular complexity index is 822. The number of likely N-dealkylation sites (tertiary alicyclic amines) is 1. The van der Waals surface area contributed by atoms with Gasteiger partial charge in [0.05, 0.1) is 18.1 Å². The molecule has 3 aliphatic heterocycles. The highest BCUT2D eigenvalue weighted by molar-refractivity contribution is 6.00. The van der Waals surface area contributed by atoms with Gasteiger partial charge < -0.3 is 19.4 Å². The normalized spacial score (nSPS) is 27.6. The van der Waals surface area contributed by atoms with Crippen LogP contribution in [-0.4, -0.2) is 72.5 Å². The van der Waals surface area contributed by atoms with Crippen LogP contribution in [0, 0.1) is 18.8 Å². The Hall–Kier alpha value is -2.41. The number of carbonyl (C=O) groups is 3. The van der Waals surface area contributed by atoms with Gasteiger partial charge in [-0.25, -0.2) is 0 Å². The van der Waals surface area contributed by atoms with E-state index in [1.54, 1.807) is 4.90 Å². The highest BCUT2D eigenvalue weighted by atomic mass is 16.5. The third-order valence-corrected chi connectivity index (χ3v) is 6.71. The van der Waals surface area contributed by atoms with Gasteiger partial charge in [0.1, 0.15) is 0 Å². The van der Waals surface area contributed by atoms with Gasteiger partial charge >= 0.3 is 0 Å². The molecule has 0 aromatic heterocycles. The van der Waals surface area contributed by atoms with Gasteiger partial charge in [0.25, 0.3) is 0 Å². The van der Waals surface area contributed by atoms with Crippen LogP contribution in [0.1, 0.15) is 38.7 Å². The van der Waals surface area contributed by atoms with E-state index in [9.17, 15) is 14.4 Å². The fraction of sp³-hybridized carbons (Fsp3) is 0.625. The summed E-state index contributed by atoms with van der Waals surface area (Å²) in [7, 11) is 0. The van der Waals surface area contributed by atoms with Gasteiger partial charge in [-0.15, -0.1) is 0 Å². The van der Waals surface area contributed by atoms with Gasteiger partial charge in [-0.05, 0) is 45.7 Å². The number of rotatable bonds is 3. The van der Waals surface area contributed by atoms with Crippen LogP contribution in [0.2, 0.25) is 0 Å². The van der Waals surface area contributed by atoms with Crippen LogP contribution < -0.4 is 4.90 Å². The summed E-state index contributed by atoms with van der Waals surface area (Å²) in [5.74, 6) is -0.0983. The molecule has 168 valence electrons. The average molecular weight is 428 g/mol. The maximum Gasteiger partial charge on any atom is 0.228 e. The molecule has 7 heteroatoms. The largest absolute Gasteiger partial charge is 0.372 e. The molecule has 0 aliphatic carbocycles. The molecule has 0 spiro atoms. The van der Waals surface area contributed by atoms with Crippen molar-refractivity contribution in [2.45, 2.75) is 52.2 Å². The Kier molecular flexibility index (Phi) is 6.32. The van der Waals surface area contributed by atoms with Crippen LogP contribution in [0.25, 0.3) is 0 Å². The summed E-state index contributed by atoms with van der Waals surface area (Å²) in [6.07, 6.45) is 1.76. The van der Waals surface area contributed by atoms with E-state index in [-0.39, 0.29) is 48.2 Å². The number of ether oxygens (including phenoxy) is 1. The molecule has 0 radical (unpaired) electrons. The standard InChI is InChI=1S/C24H33N3O4/c1-16-4-6-21(7-5-16)27-15-20(12-22(27)28)24(30)25-10-8-19(9-11-25)23(29)26-13-17(2)31-18(3)14-26/h4-7,17-20H,8-15H2,1-3H3/t17-,18-,20-/m0/s1. The van der Waals surface area contributed by atoms with Crippen molar-refractivity contribution in [1.82, 2.24) is 9.80 Å². The molecule has 1 aromatic carbocycles. The number of carbonyl (C=O) groups excluding carboxylic acids is 3. The van der Waals surface area contributed by atoms with E-state index < -0.39 is 0 Å². The molecule has 1 aromatic rings. The molecule has 3 aliphatic rings. The van der Waals surface area contributed by atoms with E-state index in [2.05, 4.69) is 0 Å². The van der Waals surface area contributed by atoms with E-state index in [1.807, 2.05) is 54.8 Å². The molecular formula is C24H33N3O4. The van der Waals surface area contributed by atoms with Crippen molar-refractivity contribution in [3.63, 3.8) is 0 Å². The number of hydrogen-bond acceptors (Lipinski definition) is 4. The lowest BCUT2D eigenvalue weighted by Crippen LogP contribution is -2.52.